The lowest BCUT2D eigenvalue weighted by Gasteiger charge is -2.34. The van der Waals surface area contributed by atoms with E-state index in [1.807, 2.05) is 38.0 Å². The van der Waals surface area contributed by atoms with Gasteiger partial charge in [-0.3, -0.25) is 14.6 Å². The fourth-order valence-electron chi connectivity index (χ4n) is 4.33. The van der Waals surface area contributed by atoms with Gasteiger partial charge in [0.15, 0.2) is 5.96 Å². The average Bonchev–Trinajstić information content (AvgIpc) is 3.47. The van der Waals surface area contributed by atoms with E-state index in [0.717, 1.165) is 69.8 Å². The van der Waals surface area contributed by atoms with Crippen LogP contribution in [-0.4, -0.2) is 78.5 Å². The van der Waals surface area contributed by atoms with Crippen LogP contribution in [0.5, 0.6) is 0 Å². The molecule has 9 heteroatoms. The van der Waals surface area contributed by atoms with Gasteiger partial charge in [-0.2, -0.15) is 5.10 Å². The summed E-state index contributed by atoms with van der Waals surface area (Å²) in [7, 11) is 3.83. The summed E-state index contributed by atoms with van der Waals surface area (Å²) in [4.78, 5) is 9.34. The molecule has 2 saturated heterocycles. The van der Waals surface area contributed by atoms with Crippen LogP contribution in [0.25, 0.3) is 0 Å². The minimum atomic E-state index is 0. The van der Waals surface area contributed by atoms with Crippen molar-refractivity contribution in [1.82, 2.24) is 24.9 Å². The number of hydrogen-bond acceptors (Lipinski definition) is 5. The third-order valence-corrected chi connectivity index (χ3v) is 5.93. The lowest BCUT2D eigenvalue weighted by atomic mass is 10.0. The lowest BCUT2D eigenvalue weighted by molar-refractivity contribution is 0.0123. The highest BCUT2D eigenvalue weighted by molar-refractivity contribution is 14.0. The number of aromatic nitrogens is 2. The number of guanidine groups is 1. The van der Waals surface area contributed by atoms with E-state index >= 15 is 0 Å². The predicted octanol–water partition coefficient (Wildman–Crippen LogP) is 2.38. The quantitative estimate of drug-likeness (QED) is 0.365. The molecule has 2 aliphatic rings. The summed E-state index contributed by atoms with van der Waals surface area (Å²) in [6.45, 7) is 8.08. The summed E-state index contributed by atoms with van der Waals surface area (Å²) in [5, 5.41) is 7.93. The zero-order chi connectivity index (χ0) is 20.2. The number of furan rings is 1. The van der Waals surface area contributed by atoms with Crippen LogP contribution < -0.4 is 5.32 Å². The average molecular weight is 528 g/mol. The fourth-order valence-corrected chi connectivity index (χ4v) is 4.33. The van der Waals surface area contributed by atoms with Crippen LogP contribution in [0.15, 0.2) is 33.9 Å². The van der Waals surface area contributed by atoms with Gasteiger partial charge in [0, 0.05) is 58.9 Å². The summed E-state index contributed by atoms with van der Waals surface area (Å²) in [6, 6.07) is 4.30. The second-order valence-corrected chi connectivity index (χ2v) is 7.92. The molecule has 0 bridgehead atoms. The van der Waals surface area contributed by atoms with E-state index in [4.69, 9.17) is 9.15 Å². The minimum absolute atomic E-state index is 0. The smallest absolute Gasteiger partial charge is 0.193 e. The van der Waals surface area contributed by atoms with E-state index in [0.29, 0.717) is 5.92 Å². The van der Waals surface area contributed by atoms with Gasteiger partial charge >= 0.3 is 0 Å². The molecule has 2 aromatic heterocycles. The van der Waals surface area contributed by atoms with Crippen molar-refractivity contribution < 1.29 is 9.15 Å². The molecule has 0 radical (unpaired) electrons. The van der Waals surface area contributed by atoms with Crippen molar-refractivity contribution in [2.24, 2.45) is 12.0 Å². The van der Waals surface area contributed by atoms with E-state index in [2.05, 4.69) is 37.5 Å². The van der Waals surface area contributed by atoms with E-state index in [1.165, 1.54) is 5.56 Å². The van der Waals surface area contributed by atoms with Crippen LogP contribution >= 0.6 is 24.0 Å². The number of ether oxygens (including phenoxy) is 1. The van der Waals surface area contributed by atoms with Gasteiger partial charge in [0.25, 0.3) is 0 Å². The zero-order valence-electron chi connectivity index (χ0n) is 18.1. The molecule has 30 heavy (non-hydrogen) atoms. The molecule has 166 valence electrons. The van der Waals surface area contributed by atoms with Gasteiger partial charge in [-0.25, -0.2) is 0 Å². The van der Waals surface area contributed by atoms with Crippen molar-refractivity contribution in [3.05, 3.63) is 41.6 Å². The number of aliphatic imine (C=N–C) groups is 1. The van der Waals surface area contributed by atoms with Crippen LogP contribution in [-0.2, 0) is 11.8 Å². The zero-order valence-corrected chi connectivity index (χ0v) is 20.4. The van der Waals surface area contributed by atoms with Gasteiger partial charge < -0.3 is 19.4 Å². The summed E-state index contributed by atoms with van der Waals surface area (Å²) >= 11 is 0. The van der Waals surface area contributed by atoms with Crippen molar-refractivity contribution in [2.45, 2.75) is 25.3 Å². The first-order chi connectivity index (χ1) is 14.1. The third kappa shape index (κ3) is 5.36. The number of hydrogen-bond donors (Lipinski definition) is 1. The molecule has 2 atom stereocenters. The maximum atomic E-state index is 5.98. The Kier molecular flexibility index (Phi) is 8.18. The molecule has 0 aromatic carbocycles. The van der Waals surface area contributed by atoms with Gasteiger partial charge in [0.2, 0.25) is 0 Å². The largest absolute Gasteiger partial charge is 0.465 e. The highest BCUT2D eigenvalue weighted by atomic mass is 127. The number of nitrogens with zero attached hydrogens (tertiary/aromatic N) is 5. The lowest BCUT2D eigenvalue weighted by Crippen LogP contribution is -2.47. The molecule has 0 aliphatic carbocycles. The second-order valence-electron chi connectivity index (χ2n) is 7.92. The number of aryl methyl sites for hydroxylation is 2. The Morgan fingerprint density at radius 1 is 1.30 bits per heavy atom. The van der Waals surface area contributed by atoms with Crippen LogP contribution in [0, 0.1) is 6.92 Å². The van der Waals surface area contributed by atoms with E-state index in [1.54, 1.807) is 0 Å². The molecule has 2 aliphatic heterocycles. The third-order valence-electron chi connectivity index (χ3n) is 5.93. The molecular weight excluding hydrogens is 495 g/mol. The van der Waals surface area contributed by atoms with Crippen LogP contribution in [0.2, 0.25) is 0 Å². The standard InChI is InChI=1S/C21H32N6O2.HI/c1-16-4-5-20(29-16)19(26-8-10-28-11-9-26)13-23-21(22-2)27-7-6-17(15-27)18-12-24-25(3)14-18;/h4-5,12,14,17,19H,6-11,13,15H2,1-3H3,(H,22,23);1H. The van der Waals surface area contributed by atoms with E-state index in [-0.39, 0.29) is 30.0 Å². The highest BCUT2D eigenvalue weighted by Gasteiger charge is 2.29. The van der Waals surface area contributed by atoms with Crippen molar-refractivity contribution in [2.75, 3.05) is 53.0 Å². The van der Waals surface area contributed by atoms with Crippen molar-refractivity contribution in [1.29, 1.82) is 0 Å². The van der Waals surface area contributed by atoms with Crippen molar-refractivity contribution in [3.8, 4) is 0 Å². The summed E-state index contributed by atoms with van der Waals surface area (Å²) in [5.41, 5.74) is 1.31. The van der Waals surface area contributed by atoms with E-state index in [9.17, 15) is 0 Å². The van der Waals surface area contributed by atoms with Crippen LogP contribution in [0.3, 0.4) is 0 Å². The maximum Gasteiger partial charge on any atom is 0.193 e. The summed E-state index contributed by atoms with van der Waals surface area (Å²) < 4.78 is 13.4. The SMILES string of the molecule is CN=C(NCC(c1ccc(C)o1)N1CCOCC1)N1CCC(c2cnn(C)c2)C1.I. The van der Waals surface area contributed by atoms with Crippen LogP contribution in [0.4, 0.5) is 0 Å². The molecule has 2 aromatic rings. The number of likely N-dealkylation sites (tertiary alicyclic amines) is 1. The van der Waals surface area contributed by atoms with Gasteiger partial charge in [0.05, 0.1) is 25.5 Å². The minimum Gasteiger partial charge on any atom is -0.465 e. The van der Waals surface area contributed by atoms with Gasteiger partial charge in [0.1, 0.15) is 11.5 Å². The molecular formula is C21H33IN6O2. The van der Waals surface area contributed by atoms with Gasteiger partial charge in [-0.05, 0) is 31.0 Å². The fraction of sp³-hybridized carbons (Fsp3) is 0.619. The Morgan fingerprint density at radius 3 is 2.73 bits per heavy atom. The molecule has 4 rings (SSSR count). The number of morpholine rings is 1. The predicted molar refractivity (Wildman–Crippen MR) is 127 cm³/mol. The Balaban J connectivity index is 0.00000256. The Labute approximate surface area is 195 Å². The first-order valence-corrected chi connectivity index (χ1v) is 10.5. The summed E-state index contributed by atoms with van der Waals surface area (Å²) in [6.07, 6.45) is 5.23. The van der Waals surface area contributed by atoms with E-state index < -0.39 is 0 Å². The molecule has 0 saturated carbocycles. The maximum absolute atomic E-state index is 5.98. The second kappa shape index (κ2) is 10.6. The number of halogens is 1. The normalized spacial score (nSPS) is 21.5. The molecule has 0 spiro atoms. The van der Waals surface area contributed by atoms with Crippen molar-refractivity contribution in [3.63, 3.8) is 0 Å². The molecule has 2 unspecified atom stereocenters. The molecule has 1 N–H and O–H groups in total. The Morgan fingerprint density at radius 2 is 2.10 bits per heavy atom. The number of nitrogens with one attached hydrogen (secondary N) is 1. The molecule has 2 fully saturated rings. The molecule has 0 amide bonds. The summed E-state index contributed by atoms with van der Waals surface area (Å²) in [5.74, 6) is 3.41. The molecule has 4 heterocycles. The highest BCUT2D eigenvalue weighted by Crippen LogP contribution is 2.27. The Bertz CT molecular complexity index is 829. The van der Waals surface area contributed by atoms with Crippen LogP contribution in [0.1, 0.15) is 35.5 Å². The van der Waals surface area contributed by atoms with Crippen molar-refractivity contribution >= 4 is 29.9 Å². The number of rotatable bonds is 5. The monoisotopic (exact) mass is 528 g/mol. The first kappa shape index (κ1) is 23.1. The molecule has 8 nitrogen and oxygen atoms in total. The topological polar surface area (TPSA) is 71.1 Å². The van der Waals surface area contributed by atoms with Gasteiger partial charge in [-0.1, -0.05) is 0 Å². The van der Waals surface area contributed by atoms with Gasteiger partial charge in [-0.15, -0.1) is 24.0 Å². The Hall–Kier alpha value is -1.59. The first-order valence-electron chi connectivity index (χ1n) is 10.5.